The molecule has 0 unspecified atom stereocenters. The third kappa shape index (κ3) is 4.01. The Balaban J connectivity index is 2.16. The van der Waals surface area contributed by atoms with Crippen molar-refractivity contribution in [3.63, 3.8) is 0 Å². The van der Waals surface area contributed by atoms with E-state index in [1.54, 1.807) is 6.92 Å². The van der Waals surface area contributed by atoms with E-state index in [1.807, 2.05) is 0 Å². The van der Waals surface area contributed by atoms with Gasteiger partial charge < -0.3 is 5.11 Å². The molecule has 1 heterocycles. The second-order valence-electron chi connectivity index (χ2n) is 3.49. The summed E-state index contributed by atoms with van der Waals surface area (Å²) in [5.74, 6) is -0.763. The molecule has 1 rings (SSSR count). The van der Waals surface area contributed by atoms with Gasteiger partial charge in [-0.2, -0.15) is 9.98 Å². The van der Waals surface area contributed by atoms with Crippen LogP contribution in [0.3, 0.4) is 0 Å². The van der Waals surface area contributed by atoms with Crippen LogP contribution in [0.2, 0.25) is 0 Å². The molecule has 15 heavy (non-hydrogen) atoms. The van der Waals surface area contributed by atoms with E-state index in [1.165, 1.54) is 0 Å². The second-order valence-corrected chi connectivity index (χ2v) is 3.49. The van der Waals surface area contributed by atoms with Crippen LogP contribution in [0.15, 0.2) is 9.98 Å². The molecule has 0 atom stereocenters. The molecule has 0 bridgehead atoms. The van der Waals surface area contributed by atoms with Gasteiger partial charge in [0.1, 0.15) is 0 Å². The van der Waals surface area contributed by atoms with Gasteiger partial charge in [0.15, 0.2) is 0 Å². The molecule has 1 aliphatic heterocycles. The van der Waals surface area contributed by atoms with E-state index in [0.717, 1.165) is 18.6 Å². The standard InChI is InChI=1S/C10H14N2O3/c1-7-8(12-10(15)11-7)5-3-2-4-6-9(13)14/h2-6H2,1H3,(H,13,14). The summed E-state index contributed by atoms with van der Waals surface area (Å²) in [6, 6.07) is -0.423. The van der Waals surface area contributed by atoms with Crippen molar-refractivity contribution in [2.45, 2.75) is 39.0 Å². The number of hydrogen-bond acceptors (Lipinski definition) is 2. The van der Waals surface area contributed by atoms with Crippen LogP contribution in [0.25, 0.3) is 0 Å². The molecule has 5 heteroatoms. The summed E-state index contributed by atoms with van der Waals surface area (Å²) in [6.07, 6.45) is 3.28. The highest BCUT2D eigenvalue weighted by molar-refractivity contribution is 6.47. The largest absolute Gasteiger partial charge is 0.481 e. The van der Waals surface area contributed by atoms with Crippen molar-refractivity contribution in [1.29, 1.82) is 0 Å². The van der Waals surface area contributed by atoms with Crippen molar-refractivity contribution in [2.75, 3.05) is 0 Å². The third-order valence-corrected chi connectivity index (χ3v) is 2.22. The second kappa shape index (κ2) is 5.38. The fourth-order valence-electron chi connectivity index (χ4n) is 1.41. The predicted octanol–water partition coefficient (Wildman–Crippen LogP) is 2.06. The number of aliphatic carboxylic acids is 1. The van der Waals surface area contributed by atoms with Crippen molar-refractivity contribution < 1.29 is 14.7 Å². The number of hydrogen-bond donors (Lipinski definition) is 1. The number of unbranched alkanes of at least 4 members (excludes halogenated alkanes) is 2. The minimum Gasteiger partial charge on any atom is -0.481 e. The average Bonchev–Trinajstić information content (AvgIpc) is 2.44. The molecule has 0 radical (unpaired) electrons. The normalized spacial score (nSPS) is 15.1. The molecule has 0 fully saturated rings. The molecule has 82 valence electrons. The molecule has 0 aromatic heterocycles. The Morgan fingerprint density at radius 2 is 2.00 bits per heavy atom. The van der Waals surface area contributed by atoms with Gasteiger partial charge in [0.25, 0.3) is 0 Å². The molecule has 1 aliphatic rings. The fourth-order valence-corrected chi connectivity index (χ4v) is 1.41. The maximum Gasteiger partial charge on any atom is 0.367 e. The number of carbonyl (C=O) groups is 2. The summed E-state index contributed by atoms with van der Waals surface area (Å²) in [6.45, 7) is 1.76. The average molecular weight is 210 g/mol. The summed E-state index contributed by atoms with van der Waals surface area (Å²) in [5, 5.41) is 8.41. The van der Waals surface area contributed by atoms with Gasteiger partial charge in [0.2, 0.25) is 0 Å². The molecular weight excluding hydrogens is 196 g/mol. The molecule has 0 saturated carbocycles. The number of carboxylic acid groups (broad SMARTS) is 1. The molecule has 2 amide bonds. The van der Waals surface area contributed by atoms with E-state index in [-0.39, 0.29) is 6.42 Å². The minimum atomic E-state index is -0.763. The van der Waals surface area contributed by atoms with Gasteiger partial charge in [-0.3, -0.25) is 4.79 Å². The fraction of sp³-hybridized carbons (Fsp3) is 0.600. The monoisotopic (exact) mass is 210 g/mol. The van der Waals surface area contributed by atoms with Crippen molar-refractivity contribution in [1.82, 2.24) is 0 Å². The smallest absolute Gasteiger partial charge is 0.367 e. The molecule has 1 N–H and O–H groups in total. The van der Waals surface area contributed by atoms with Crippen LogP contribution in [-0.2, 0) is 4.79 Å². The van der Waals surface area contributed by atoms with Crippen LogP contribution in [0, 0.1) is 0 Å². The van der Waals surface area contributed by atoms with Gasteiger partial charge in [0, 0.05) is 6.42 Å². The summed E-state index contributed by atoms with van der Waals surface area (Å²) in [5.41, 5.74) is 1.44. The quantitative estimate of drug-likeness (QED) is 0.681. The lowest BCUT2D eigenvalue weighted by atomic mass is 10.1. The van der Waals surface area contributed by atoms with Crippen molar-refractivity contribution in [3.8, 4) is 0 Å². The van der Waals surface area contributed by atoms with E-state index in [2.05, 4.69) is 9.98 Å². The minimum absolute atomic E-state index is 0.207. The number of carbonyl (C=O) groups excluding carboxylic acids is 1. The number of nitrogens with zero attached hydrogens (tertiary/aromatic N) is 2. The summed E-state index contributed by atoms with van der Waals surface area (Å²) in [7, 11) is 0. The summed E-state index contributed by atoms with van der Waals surface area (Å²) < 4.78 is 0. The first kappa shape index (κ1) is 11.6. The van der Waals surface area contributed by atoms with Crippen LogP contribution in [0.5, 0.6) is 0 Å². The lowest BCUT2D eigenvalue weighted by Gasteiger charge is -1.99. The van der Waals surface area contributed by atoms with E-state index < -0.39 is 12.0 Å². The Morgan fingerprint density at radius 3 is 2.53 bits per heavy atom. The summed E-state index contributed by atoms with van der Waals surface area (Å²) in [4.78, 5) is 28.5. The van der Waals surface area contributed by atoms with Crippen molar-refractivity contribution >= 4 is 23.4 Å². The topological polar surface area (TPSA) is 79.1 Å². The Labute approximate surface area is 87.9 Å². The highest BCUT2D eigenvalue weighted by atomic mass is 16.4. The predicted molar refractivity (Wildman–Crippen MR) is 56.7 cm³/mol. The van der Waals surface area contributed by atoms with E-state index in [9.17, 15) is 9.59 Å². The van der Waals surface area contributed by atoms with Crippen LogP contribution in [0.4, 0.5) is 4.79 Å². The SMILES string of the molecule is CC1=NC(=O)N=C1CCCCCC(=O)O. The zero-order valence-electron chi connectivity index (χ0n) is 8.69. The molecular formula is C10H14N2O3. The van der Waals surface area contributed by atoms with Crippen LogP contribution in [-0.4, -0.2) is 28.5 Å². The molecule has 0 aliphatic carbocycles. The van der Waals surface area contributed by atoms with Gasteiger partial charge in [0.05, 0.1) is 11.4 Å². The first-order valence-corrected chi connectivity index (χ1v) is 4.98. The Bertz CT molecular complexity index is 332. The van der Waals surface area contributed by atoms with Gasteiger partial charge in [-0.15, -0.1) is 0 Å². The molecule has 0 aromatic rings. The maximum absolute atomic E-state index is 10.8. The highest BCUT2D eigenvalue weighted by Crippen LogP contribution is 2.09. The van der Waals surface area contributed by atoms with Gasteiger partial charge in [-0.05, 0) is 26.2 Å². The zero-order valence-corrected chi connectivity index (χ0v) is 8.69. The maximum atomic E-state index is 10.8. The van der Waals surface area contributed by atoms with Crippen LogP contribution < -0.4 is 0 Å². The van der Waals surface area contributed by atoms with Gasteiger partial charge in [-0.25, -0.2) is 4.79 Å². The first-order valence-electron chi connectivity index (χ1n) is 4.98. The van der Waals surface area contributed by atoms with Crippen LogP contribution >= 0.6 is 0 Å². The van der Waals surface area contributed by atoms with Crippen LogP contribution in [0.1, 0.15) is 39.0 Å². The Hall–Kier alpha value is -1.52. The number of urea groups is 1. The number of aliphatic imine (C=N–C) groups is 2. The van der Waals surface area contributed by atoms with Crippen molar-refractivity contribution in [3.05, 3.63) is 0 Å². The van der Waals surface area contributed by atoms with Crippen molar-refractivity contribution in [2.24, 2.45) is 9.98 Å². The number of carboxylic acids is 1. The summed E-state index contributed by atoms with van der Waals surface area (Å²) >= 11 is 0. The lowest BCUT2D eigenvalue weighted by molar-refractivity contribution is -0.137. The third-order valence-electron chi connectivity index (χ3n) is 2.22. The van der Waals surface area contributed by atoms with Gasteiger partial charge in [-0.1, -0.05) is 6.42 Å². The highest BCUT2D eigenvalue weighted by Gasteiger charge is 2.14. The Morgan fingerprint density at radius 1 is 1.27 bits per heavy atom. The van der Waals surface area contributed by atoms with E-state index in [4.69, 9.17) is 5.11 Å². The molecule has 5 nitrogen and oxygen atoms in total. The molecule has 0 spiro atoms. The number of rotatable bonds is 6. The number of amides is 2. The Kier molecular flexibility index (Phi) is 4.15. The van der Waals surface area contributed by atoms with E-state index >= 15 is 0 Å². The lowest BCUT2D eigenvalue weighted by Crippen LogP contribution is -2.06. The first-order chi connectivity index (χ1) is 7.09. The molecule has 0 saturated heterocycles. The van der Waals surface area contributed by atoms with Gasteiger partial charge >= 0.3 is 12.0 Å². The molecule has 0 aromatic carbocycles. The van der Waals surface area contributed by atoms with E-state index in [0.29, 0.717) is 18.6 Å². The zero-order chi connectivity index (χ0) is 11.3.